The number of aromatic nitrogens is 2. The van der Waals surface area contributed by atoms with Crippen molar-refractivity contribution in [2.24, 2.45) is 7.05 Å². The smallest absolute Gasteiger partial charge is 0.328 e. The SMILES string of the molecule is CNC(=O)COc1ccc(COc2ccc3[nH]c(=O)n(C)c(=O)c3c2)cc1. The van der Waals surface area contributed by atoms with E-state index in [2.05, 4.69) is 10.3 Å². The number of rotatable bonds is 6. The number of likely N-dealkylation sites (N-methyl/N-ethyl adjacent to an activating group) is 1. The van der Waals surface area contributed by atoms with Crippen molar-refractivity contribution in [3.8, 4) is 11.5 Å². The van der Waals surface area contributed by atoms with Crippen molar-refractivity contribution in [3.05, 3.63) is 68.9 Å². The van der Waals surface area contributed by atoms with Crippen LogP contribution >= 0.6 is 0 Å². The number of hydrogen-bond acceptors (Lipinski definition) is 5. The third-order valence-corrected chi connectivity index (χ3v) is 4.05. The average molecular weight is 369 g/mol. The van der Waals surface area contributed by atoms with Crippen molar-refractivity contribution in [2.45, 2.75) is 6.61 Å². The third-order valence-electron chi connectivity index (χ3n) is 4.05. The minimum atomic E-state index is -0.458. The molecule has 1 aromatic heterocycles. The molecule has 27 heavy (non-hydrogen) atoms. The zero-order valence-corrected chi connectivity index (χ0v) is 14.9. The van der Waals surface area contributed by atoms with Crippen molar-refractivity contribution in [1.82, 2.24) is 14.9 Å². The number of ether oxygens (including phenoxy) is 2. The highest BCUT2D eigenvalue weighted by Gasteiger charge is 2.06. The minimum absolute atomic E-state index is 0.0412. The summed E-state index contributed by atoms with van der Waals surface area (Å²) in [5.41, 5.74) is 0.529. The Morgan fingerprint density at radius 1 is 1.07 bits per heavy atom. The standard InChI is InChI=1S/C19H19N3O5/c1-20-17(23)11-27-13-5-3-12(4-6-13)10-26-14-7-8-16-15(9-14)18(24)22(2)19(25)21-16/h3-9H,10-11H2,1-2H3,(H,20,23)(H,21,25). The number of amides is 1. The van der Waals surface area contributed by atoms with Gasteiger partial charge in [-0.05, 0) is 35.9 Å². The summed E-state index contributed by atoms with van der Waals surface area (Å²) in [5, 5.41) is 2.86. The maximum atomic E-state index is 12.2. The number of carbonyl (C=O) groups is 1. The number of hydrogen-bond donors (Lipinski definition) is 2. The van der Waals surface area contributed by atoms with Crippen LogP contribution in [-0.2, 0) is 18.4 Å². The van der Waals surface area contributed by atoms with E-state index in [4.69, 9.17) is 9.47 Å². The number of benzene rings is 2. The molecule has 140 valence electrons. The fourth-order valence-electron chi connectivity index (χ4n) is 2.44. The molecule has 0 bridgehead atoms. The van der Waals surface area contributed by atoms with Gasteiger partial charge in [0.05, 0.1) is 10.9 Å². The first kappa shape index (κ1) is 18.2. The molecule has 0 radical (unpaired) electrons. The van der Waals surface area contributed by atoms with Gasteiger partial charge in [0.25, 0.3) is 11.5 Å². The van der Waals surface area contributed by atoms with Crippen LogP contribution in [0.25, 0.3) is 10.9 Å². The van der Waals surface area contributed by atoms with Gasteiger partial charge in [-0.1, -0.05) is 12.1 Å². The van der Waals surface area contributed by atoms with Crippen LogP contribution in [0, 0.1) is 0 Å². The molecule has 0 fully saturated rings. The molecule has 1 amide bonds. The van der Waals surface area contributed by atoms with Crippen molar-refractivity contribution in [2.75, 3.05) is 13.7 Å². The molecule has 0 aliphatic heterocycles. The second-order valence-corrected chi connectivity index (χ2v) is 5.90. The highest BCUT2D eigenvalue weighted by atomic mass is 16.5. The van der Waals surface area contributed by atoms with E-state index in [0.29, 0.717) is 29.0 Å². The molecule has 8 heteroatoms. The number of carbonyl (C=O) groups excluding carboxylic acids is 1. The zero-order valence-electron chi connectivity index (χ0n) is 14.9. The van der Waals surface area contributed by atoms with E-state index >= 15 is 0 Å². The first-order chi connectivity index (χ1) is 13.0. The summed E-state index contributed by atoms with van der Waals surface area (Å²) >= 11 is 0. The van der Waals surface area contributed by atoms with Crippen LogP contribution in [0.2, 0.25) is 0 Å². The fourth-order valence-corrected chi connectivity index (χ4v) is 2.44. The molecule has 0 aliphatic rings. The van der Waals surface area contributed by atoms with E-state index < -0.39 is 5.69 Å². The lowest BCUT2D eigenvalue weighted by Crippen LogP contribution is -2.32. The number of nitrogens with zero attached hydrogens (tertiary/aromatic N) is 1. The number of fused-ring (bicyclic) bond motifs is 1. The Kier molecular flexibility index (Phi) is 5.25. The topological polar surface area (TPSA) is 102 Å². The molecule has 0 spiro atoms. The summed E-state index contributed by atoms with van der Waals surface area (Å²) < 4.78 is 12.1. The van der Waals surface area contributed by atoms with Crippen LogP contribution in [0.4, 0.5) is 0 Å². The molecular weight excluding hydrogens is 350 g/mol. The van der Waals surface area contributed by atoms with E-state index in [9.17, 15) is 14.4 Å². The molecule has 0 saturated heterocycles. The molecule has 8 nitrogen and oxygen atoms in total. The van der Waals surface area contributed by atoms with Crippen LogP contribution in [0.5, 0.6) is 11.5 Å². The molecule has 1 heterocycles. The highest BCUT2D eigenvalue weighted by molar-refractivity contribution is 5.79. The van der Waals surface area contributed by atoms with E-state index in [-0.39, 0.29) is 18.1 Å². The first-order valence-electron chi connectivity index (χ1n) is 8.26. The van der Waals surface area contributed by atoms with Gasteiger partial charge >= 0.3 is 5.69 Å². The summed E-state index contributed by atoms with van der Waals surface area (Å²) in [6.45, 7) is 0.255. The Labute approximate surface area is 154 Å². The van der Waals surface area contributed by atoms with Gasteiger partial charge in [-0.2, -0.15) is 0 Å². The van der Waals surface area contributed by atoms with Crippen molar-refractivity contribution in [1.29, 1.82) is 0 Å². The quantitative estimate of drug-likeness (QED) is 0.673. The molecule has 0 atom stereocenters. The second-order valence-electron chi connectivity index (χ2n) is 5.90. The Bertz CT molecular complexity index is 1080. The number of H-pyrrole nitrogens is 1. The second kappa shape index (κ2) is 7.77. The van der Waals surface area contributed by atoms with Crippen molar-refractivity contribution in [3.63, 3.8) is 0 Å². The first-order valence-corrected chi connectivity index (χ1v) is 8.26. The van der Waals surface area contributed by atoms with Gasteiger partial charge in [0, 0.05) is 14.1 Å². The Hall–Kier alpha value is -3.55. The van der Waals surface area contributed by atoms with Crippen LogP contribution < -0.4 is 26.0 Å². The molecule has 2 N–H and O–H groups in total. The van der Waals surface area contributed by atoms with Gasteiger partial charge in [0.2, 0.25) is 0 Å². The Morgan fingerprint density at radius 2 is 1.78 bits per heavy atom. The Balaban J connectivity index is 1.68. The van der Waals surface area contributed by atoms with E-state index in [1.807, 2.05) is 12.1 Å². The normalized spacial score (nSPS) is 10.6. The monoisotopic (exact) mass is 369 g/mol. The van der Waals surface area contributed by atoms with E-state index in [1.54, 1.807) is 37.4 Å². The summed E-state index contributed by atoms with van der Waals surface area (Å²) in [5.74, 6) is 0.901. The maximum Gasteiger partial charge on any atom is 0.328 e. The highest BCUT2D eigenvalue weighted by Crippen LogP contribution is 2.18. The zero-order chi connectivity index (χ0) is 19.4. The molecular formula is C19H19N3O5. The van der Waals surface area contributed by atoms with Crippen LogP contribution in [0.1, 0.15) is 5.56 Å². The van der Waals surface area contributed by atoms with Gasteiger partial charge in [0.15, 0.2) is 6.61 Å². The van der Waals surface area contributed by atoms with Crippen molar-refractivity contribution < 1.29 is 14.3 Å². The molecule has 0 unspecified atom stereocenters. The van der Waals surface area contributed by atoms with E-state index in [1.165, 1.54) is 7.05 Å². The maximum absolute atomic E-state index is 12.2. The number of nitrogens with one attached hydrogen (secondary N) is 2. The lowest BCUT2D eigenvalue weighted by atomic mass is 10.2. The molecule has 3 aromatic rings. The van der Waals surface area contributed by atoms with Crippen LogP contribution in [0.3, 0.4) is 0 Å². The molecule has 0 saturated carbocycles. The predicted molar refractivity (Wildman–Crippen MR) is 100 cm³/mol. The van der Waals surface area contributed by atoms with Gasteiger partial charge in [-0.3, -0.25) is 14.2 Å². The van der Waals surface area contributed by atoms with Gasteiger partial charge in [0.1, 0.15) is 18.1 Å². The third kappa shape index (κ3) is 4.17. The Morgan fingerprint density at radius 3 is 2.48 bits per heavy atom. The average Bonchev–Trinajstić information content (AvgIpc) is 2.69. The van der Waals surface area contributed by atoms with Gasteiger partial charge < -0.3 is 19.8 Å². The molecule has 2 aromatic carbocycles. The van der Waals surface area contributed by atoms with Crippen LogP contribution in [-0.4, -0.2) is 29.1 Å². The molecule has 0 aliphatic carbocycles. The largest absolute Gasteiger partial charge is 0.489 e. The predicted octanol–water partition coefficient (Wildman–Crippen LogP) is 0.931. The summed E-state index contributed by atoms with van der Waals surface area (Å²) in [4.78, 5) is 37.6. The summed E-state index contributed by atoms with van der Waals surface area (Å²) in [6, 6.07) is 12.1. The summed E-state index contributed by atoms with van der Waals surface area (Å²) in [7, 11) is 2.97. The van der Waals surface area contributed by atoms with Gasteiger partial charge in [-0.25, -0.2) is 4.79 Å². The molecule has 3 rings (SSSR count). The minimum Gasteiger partial charge on any atom is -0.489 e. The van der Waals surface area contributed by atoms with Crippen LogP contribution in [0.15, 0.2) is 52.1 Å². The summed E-state index contributed by atoms with van der Waals surface area (Å²) in [6.07, 6.45) is 0. The van der Waals surface area contributed by atoms with Gasteiger partial charge in [-0.15, -0.1) is 0 Å². The van der Waals surface area contributed by atoms with E-state index in [0.717, 1.165) is 10.1 Å². The fraction of sp³-hybridized carbons (Fsp3) is 0.211. The number of aromatic amines is 1. The van der Waals surface area contributed by atoms with Crippen molar-refractivity contribution >= 4 is 16.8 Å². The lowest BCUT2D eigenvalue weighted by molar-refractivity contribution is -0.122. The lowest BCUT2D eigenvalue weighted by Gasteiger charge is -2.09.